The number of carbonyl (C=O) groups is 2. The van der Waals surface area contributed by atoms with E-state index < -0.39 is 0 Å². The van der Waals surface area contributed by atoms with Crippen LogP contribution in [0.5, 0.6) is 0 Å². The summed E-state index contributed by atoms with van der Waals surface area (Å²) in [4.78, 5) is 32.4. The molecule has 1 aliphatic heterocycles. The topological polar surface area (TPSA) is 79.6 Å². The molecule has 36 heavy (non-hydrogen) atoms. The first-order valence-electron chi connectivity index (χ1n) is 12.3. The maximum absolute atomic E-state index is 13.3. The maximum atomic E-state index is 13.3. The molecule has 3 heterocycles. The van der Waals surface area contributed by atoms with Crippen LogP contribution in [0, 0.1) is 0 Å². The zero-order valence-electron chi connectivity index (χ0n) is 19.9. The van der Waals surface area contributed by atoms with Crippen molar-refractivity contribution in [1.82, 2.24) is 19.5 Å². The van der Waals surface area contributed by atoms with Crippen molar-refractivity contribution >= 4 is 48.1 Å². The van der Waals surface area contributed by atoms with E-state index in [2.05, 4.69) is 10.4 Å². The lowest BCUT2D eigenvalue weighted by Crippen LogP contribution is -2.44. The lowest BCUT2D eigenvalue weighted by atomic mass is 9.97. The maximum Gasteiger partial charge on any atom is 0.230 e. The minimum atomic E-state index is -0.358. The summed E-state index contributed by atoms with van der Waals surface area (Å²) in [6, 6.07) is 17.3. The summed E-state index contributed by atoms with van der Waals surface area (Å²) in [7, 11) is 1.99. The number of carbonyl (C=O) groups excluding carboxylic acids is 2. The van der Waals surface area contributed by atoms with E-state index in [4.69, 9.17) is 16.6 Å². The number of aromatic nitrogens is 3. The van der Waals surface area contributed by atoms with E-state index in [0.29, 0.717) is 23.7 Å². The van der Waals surface area contributed by atoms with Crippen LogP contribution in [0.1, 0.15) is 41.1 Å². The van der Waals surface area contributed by atoms with Gasteiger partial charge in [0.25, 0.3) is 0 Å². The molecular formula is C27H25BClN5O2. The minimum absolute atomic E-state index is 0.0572. The van der Waals surface area contributed by atoms with E-state index in [1.54, 1.807) is 0 Å². The molecule has 0 spiro atoms. The van der Waals surface area contributed by atoms with Crippen molar-refractivity contribution < 1.29 is 9.59 Å². The Labute approximate surface area is 214 Å². The van der Waals surface area contributed by atoms with Gasteiger partial charge in [-0.1, -0.05) is 54.1 Å². The molecule has 7 nitrogen and oxygen atoms in total. The van der Waals surface area contributed by atoms with Crippen molar-refractivity contribution in [2.75, 3.05) is 18.4 Å². The molecule has 2 aromatic heterocycles. The van der Waals surface area contributed by atoms with Crippen LogP contribution < -0.4 is 10.8 Å². The summed E-state index contributed by atoms with van der Waals surface area (Å²) in [5.74, 6) is 0.610. The Bertz CT molecular complexity index is 1490. The SMILES string of the molecule is Bc1cnn2c(NC3CCN(C(=O)C4CC(=O)c5ccccc54)CC3)cc(-c3ccccc3Cl)nc12. The number of hydrogen-bond donors (Lipinski definition) is 1. The van der Waals surface area contributed by atoms with E-state index in [1.807, 2.05) is 78.1 Å². The van der Waals surface area contributed by atoms with E-state index in [-0.39, 0.29) is 30.1 Å². The highest BCUT2D eigenvalue weighted by atomic mass is 35.5. The average Bonchev–Trinajstić information content (AvgIpc) is 3.44. The third-order valence-electron chi connectivity index (χ3n) is 7.28. The van der Waals surface area contributed by atoms with Crippen molar-refractivity contribution in [3.05, 3.63) is 76.9 Å². The molecule has 1 atom stereocenters. The fourth-order valence-electron chi connectivity index (χ4n) is 5.34. The van der Waals surface area contributed by atoms with Crippen LogP contribution in [0.3, 0.4) is 0 Å². The molecule has 6 rings (SSSR count). The van der Waals surface area contributed by atoms with Crippen LogP contribution in [0.15, 0.2) is 60.8 Å². The molecule has 9 heteroatoms. The van der Waals surface area contributed by atoms with Crippen molar-refractivity contribution in [2.24, 2.45) is 0 Å². The quantitative estimate of drug-likeness (QED) is 0.438. The Morgan fingerprint density at radius 1 is 1.06 bits per heavy atom. The third kappa shape index (κ3) is 3.95. The van der Waals surface area contributed by atoms with Gasteiger partial charge < -0.3 is 10.2 Å². The average molecular weight is 498 g/mol. The highest BCUT2D eigenvalue weighted by molar-refractivity contribution is 6.36. The molecule has 2 aromatic carbocycles. The largest absolute Gasteiger partial charge is 0.367 e. The first-order chi connectivity index (χ1) is 17.5. The minimum Gasteiger partial charge on any atom is -0.367 e. The monoisotopic (exact) mass is 497 g/mol. The Balaban J connectivity index is 1.19. The molecule has 1 fully saturated rings. The summed E-state index contributed by atoms with van der Waals surface area (Å²) >= 11 is 6.47. The van der Waals surface area contributed by atoms with Gasteiger partial charge in [-0.3, -0.25) is 9.59 Å². The molecule has 0 bridgehead atoms. The van der Waals surface area contributed by atoms with E-state index in [0.717, 1.165) is 46.6 Å². The van der Waals surface area contributed by atoms with Gasteiger partial charge in [-0.25, -0.2) is 4.98 Å². The standard InChI is InChI=1S/C27H25BClN5O2/c28-21-15-30-34-25(14-23(32-26(21)34)19-7-3-4-8-22(19)29)31-16-9-11-33(12-10-16)27(36)20-13-24(35)18-6-2-1-5-17(18)20/h1-8,14-16,20,31H,9-13,28H2. The molecule has 1 amide bonds. The number of nitrogens with one attached hydrogen (secondary N) is 1. The van der Waals surface area contributed by atoms with Gasteiger partial charge in [0.15, 0.2) is 11.4 Å². The van der Waals surface area contributed by atoms with Gasteiger partial charge in [0.2, 0.25) is 5.91 Å². The molecular weight excluding hydrogens is 473 g/mol. The fraction of sp³-hybridized carbons (Fsp3) is 0.259. The van der Waals surface area contributed by atoms with Crippen LogP contribution in [0.2, 0.25) is 5.02 Å². The van der Waals surface area contributed by atoms with Crippen LogP contribution >= 0.6 is 11.6 Å². The van der Waals surface area contributed by atoms with E-state index >= 15 is 0 Å². The third-order valence-corrected chi connectivity index (χ3v) is 7.61. The predicted molar refractivity (Wildman–Crippen MR) is 143 cm³/mol. The van der Waals surface area contributed by atoms with Gasteiger partial charge in [-0.2, -0.15) is 9.61 Å². The van der Waals surface area contributed by atoms with Crippen LogP contribution in [-0.4, -0.2) is 58.2 Å². The first kappa shape index (κ1) is 22.8. The predicted octanol–water partition coefficient (Wildman–Crippen LogP) is 3.08. The summed E-state index contributed by atoms with van der Waals surface area (Å²) < 4.78 is 1.83. The van der Waals surface area contributed by atoms with Gasteiger partial charge in [-0.05, 0) is 29.9 Å². The van der Waals surface area contributed by atoms with Gasteiger partial charge in [-0.15, -0.1) is 0 Å². The second kappa shape index (κ2) is 9.10. The molecule has 1 N–H and O–H groups in total. The second-order valence-electron chi connectivity index (χ2n) is 9.58. The molecule has 180 valence electrons. The lowest BCUT2D eigenvalue weighted by molar-refractivity contribution is -0.133. The van der Waals surface area contributed by atoms with Gasteiger partial charge >= 0.3 is 0 Å². The number of Topliss-reactive ketones (excluding diaryl/α,β-unsaturated/α-hetero) is 1. The Morgan fingerprint density at radius 2 is 1.78 bits per heavy atom. The zero-order valence-corrected chi connectivity index (χ0v) is 20.7. The van der Waals surface area contributed by atoms with E-state index in [9.17, 15) is 9.59 Å². The summed E-state index contributed by atoms with van der Waals surface area (Å²) in [6.07, 6.45) is 3.69. The number of piperidine rings is 1. The number of halogens is 1. The Morgan fingerprint density at radius 3 is 2.56 bits per heavy atom. The number of amides is 1. The highest BCUT2D eigenvalue weighted by Gasteiger charge is 2.37. The van der Waals surface area contributed by atoms with Gasteiger partial charge in [0.05, 0.1) is 11.6 Å². The fourth-order valence-corrected chi connectivity index (χ4v) is 5.57. The number of hydrogen-bond acceptors (Lipinski definition) is 5. The number of rotatable bonds is 4. The van der Waals surface area contributed by atoms with Crippen molar-refractivity contribution in [1.29, 1.82) is 0 Å². The summed E-state index contributed by atoms with van der Waals surface area (Å²) in [6.45, 7) is 1.29. The van der Waals surface area contributed by atoms with E-state index in [1.165, 1.54) is 0 Å². The molecule has 2 aliphatic rings. The van der Waals surface area contributed by atoms with Crippen molar-refractivity contribution in [2.45, 2.75) is 31.2 Å². The van der Waals surface area contributed by atoms with Crippen molar-refractivity contribution in [3.63, 3.8) is 0 Å². The first-order valence-corrected chi connectivity index (χ1v) is 12.6. The summed E-state index contributed by atoms with van der Waals surface area (Å²) in [5, 5.41) is 8.82. The number of benzene rings is 2. The second-order valence-corrected chi connectivity index (χ2v) is 9.99. The van der Waals surface area contributed by atoms with Crippen LogP contribution in [0.25, 0.3) is 16.9 Å². The molecule has 0 saturated carbocycles. The normalized spacial score (nSPS) is 18.0. The molecule has 1 unspecified atom stereocenters. The Hall–Kier alpha value is -3.65. The highest BCUT2D eigenvalue weighted by Crippen LogP contribution is 2.35. The molecule has 0 radical (unpaired) electrons. The number of nitrogens with zero attached hydrogens (tertiary/aromatic N) is 4. The smallest absolute Gasteiger partial charge is 0.230 e. The van der Waals surface area contributed by atoms with Gasteiger partial charge in [0, 0.05) is 54.0 Å². The summed E-state index contributed by atoms with van der Waals surface area (Å²) in [5.41, 5.74) is 4.99. The van der Waals surface area contributed by atoms with Gasteiger partial charge in [0.1, 0.15) is 13.7 Å². The molecule has 1 aliphatic carbocycles. The lowest BCUT2D eigenvalue weighted by Gasteiger charge is -2.34. The zero-order chi connectivity index (χ0) is 24.8. The molecule has 4 aromatic rings. The Kier molecular flexibility index (Phi) is 5.76. The van der Waals surface area contributed by atoms with Crippen LogP contribution in [-0.2, 0) is 4.79 Å². The number of likely N-dealkylation sites (tertiary alicyclic amines) is 1. The van der Waals surface area contributed by atoms with Crippen LogP contribution in [0.4, 0.5) is 5.82 Å². The van der Waals surface area contributed by atoms with Crippen molar-refractivity contribution in [3.8, 4) is 11.3 Å². The number of ketones is 1. The number of fused-ring (bicyclic) bond motifs is 2. The molecule has 1 saturated heterocycles. The number of anilines is 1.